The molecule has 96 valence electrons. The van der Waals surface area contributed by atoms with Gasteiger partial charge in [-0.15, -0.1) is 0 Å². The molecule has 18 heavy (non-hydrogen) atoms. The van der Waals surface area contributed by atoms with Crippen molar-refractivity contribution in [3.8, 4) is 0 Å². The van der Waals surface area contributed by atoms with Gasteiger partial charge < -0.3 is 15.0 Å². The lowest BCUT2D eigenvalue weighted by molar-refractivity contribution is 0.183. The molecule has 1 aromatic carbocycles. The molecule has 2 N–H and O–H groups in total. The fraction of sp³-hybridized carbons (Fsp3) is 0.500. The van der Waals surface area contributed by atoms with E-state index in [1.807, 2.05) is 0 Å². The number of fused-ring (bicyclic) bond motifs is 1. The molecule has 1 aliphatic rings. The zero-order valence-electron chi connectivity index (χ0n) is 10.7. The largest absolute Gasteiger partial charge is 0.381 e. The van der Waals surface area contributed by atoms with Crippen LogP contribution >= 0.6 is 0 Å². The number of nitrogens with zero attached hydrogens (tertiary/aromatic N) is 2. The van der Waals surface area contributed by atoms with Gasteiger partial charge in [-0.05, 0) is 37.3 Å². The number of aromatic nitrogens is 2. The SMILES string of the molecule is Cc1cccc2c1nc(N)n2CCC1CCOC1. The van der Waals surface area contributed by atoms with Crippen molar-refractivity contribution in [2.24, 2.45) is 5.92 Å². The third-order valence-corrected chi connectivity index (χ3v) is 3.80. The molecule has 1 fully saturated rings. The molecular formula is C14H19N3O. The molecule has 4 nitrogen and oxygen atoms in total. The Hall–Kier alpha value is -1.55. The third-order valence-electron chi connectivity index (χ3n) is 3.80. The monoisotopic (exact) mass is 245 g/mol. The maximum atomic E-state index is 6.03. The second-order valence-corrected chi connectivity index (χ2v) is 5.08. The van der Waals surface area contributed by atoms with Crippen molar-refractivity contribution >= 4 is 17.0 Å². The molecule has 0 bridgehead atoms. The predicted molar refractivity (Wildman–Crippen MR) is 72.4 cm³/mol. The summed E-state index contributed by atoms with van der Waals surface area (Å²) in [5.41, 5.74) is 9.38. The van der Waals surface area contributed by atoms with Crippen LogP contribution in [0.1, 0.15) is 18.4 Å². The Morgan fingerprint density at radius 2 is 2.39 bits per heavy atom. The molecule has 2 heterocycles. The van der Waals surface area contributed by atoms with E-state index < -0.39 is 0 Å². The Kier molecular flexibility index (Phi) is 2.96. The summed E-state index contributed by atoms with van der Waals surface area (Å²) < 4.78 is 7.53. The molecule has 0 saturated carbocycles. The number of ether oxygens (including phenoxy) is 1. The van der Waals surface area contributed by atoms with Crippen molar-refractivity contribution in [1.82, 2.24) is 9.55 Å². The fourth-order valence-corrected chi connectivity index (χ4v) is 2.66. The normalized spacial score (nSPS) is 19.7. The fourth-order valence-electron chi connectivity index (χ4n) is 2.66. The van der Waals surface area contributed by atoms with Crippen LogP contribution in [0.2, 0.25) is 0 Å². The number of imidazole rings is 1. The van der Waals surface area contributed by atoms with Gasteiger partial charge in [0.1, 0.15) is 0 Å². The van der Waals surface area contributed by atoms with Gasteiger partial charge in [-0.3, -0.25) is 0 Å². The average Bonchev–Trinajstić information content (AvgIpc) is 2.95. The van der Waals surface area contributed by atoms with Gasteiger partial charge in [-0.1, -0.05) is 12.1 Å². The van der Waals surface area contributed by atoms with Crippen LogP contribution in [0.3, 0.4) is 0 Å². The summed E-state index contributed by atoms with van der Waals surface area (Å²) in [6.45, 7) is 4.80. The quantitative estimate of drug-likeness (QED) is 0.903. The Morgan fingerprint density at radius 3 is 3.17 bits per heavy atom. The molecular weight excluding hydrogens is 226 g/mol. The second kappa shape index (κ2) is 4.61. The molecule has 2 aromatic rings. The van der Waals surface area contributed by atoms with Crippen LogP contribution in [0.5, 0.6) is 0 Å². The van der Waals surface area contributed by atoms with Gasteiger partial charge in [0.2, 0.25) is 5.95 Å². The lowest BCUT2D eigenvalue weighted by Gasteiger charge is -2.10. The highest BCUT2D eigenvalue weighted by atomic mass is 16.5. The standard InChI is InChI=1S/C14H19N3O/c1-10-3-2-4-12-13(10)16-14(15)17(12)7-5-11-6-8-18-9-11/h2-4,11H,5-9H2,1H3,(H2,15,16). The number of nitrogens with two attached hydrogens (primary N) is 1. The van der Waals surface area contributed by atoms with Gasteiger partial charge in [0.15, 0.2) is 0 Å². The Bertz CT molecular complexity index is 555. The van der Waals surface area contributed by atoms with Gasteiger partial charge in [0.25, 0.3) is 0 Å². The Morgan fingerprint density at radius 1 is 1.50 bits per heavy atom. The van der Waals surface area contributed by atoms with Crippen LogP contribution in [-0.2, 0) is 11.3 Å². The molecule has 0 aliphatic carbocycles. The molecule has 1 aromatic heterocycles. The summed E-state index contributed by atoms with van der Waals surface area (Å²) in [5.74, 6) is 1.30. The number of aryl methyl sites for hydroxylation is 2. The van der Waals surface area contributed by atoms with Gasteiger partial charge in [-0.2, -0.15) is 0 Å². The molecule has 0 radical (unpaired) electrons. The molecule has 0 spiro atoms. The molecule has 1 unspecified atom stereocenters. The number of rotatable bonds is 3. The maximum Gasteiger partial charge on any atom is 0.201 e. The Balaban J connectivity index is 1.86. The first-order chi connectivity index (χ1) is 8.75. The molecule has 1 aliphatic heterocycles. The summed E-state index contributed by atoms with van der Waals surface area (Å²) >= 11 is 0. The highest BCUT2D eigenvalue weighted by molar-refractivity contribution is 5.81. The predicted octanol–water partition coefficient (Wildman–Crippen LogP) is 2.35. The first kappa shape index (κ1) is 11.5. The van der Waals surface area contributed by atoms with Gasteiger partial charge >= 0.3 is 0 Å². The number of para-hydroxylation sites is 1. The van der Waals surface area contributed by atoms with Gasteiger partial charge in [0.05, 0.1) is 11.0 Å². The summed E-state index contributed by atoms with van der Waals surface area (Å²) in [7, 11) is 0. The molecule has 1 saturated heterocycles. The summed E-state index contributed by atoms with van der Waals surface area (Å²) in [5, 5.41) is 0. The van der Waals surface area contributed by atoms with Crippen molar-refractivity contribution in [3.05, 3.63) is 23.8 Å². The minimum absolute atomic E-state index is 0.623. The third kappa shape index (κ3) is 1.97. The molecule has 3 rings (SSSR count). The lowest BCUT2D eigenvalue weighted by Crippen LogP contribution is -2.08. The van der Waals surface area contributed by atoms with Crippen molar-refractivity contribution < 1.29 is 4.74 Å². The summed E-state index contributed by atoms with van der Waals surface area (Å²) in [6, 6.07) is 6.23. The highest BCUT2D eigenvalue weighted by Crippen LogP contribution is 2.23. The maximum absolute atomic E-state index is 6.03. The van der Waals surface area contributed by atoms with Gasteiger partial charge in [0, 0.05) is 19.8 Å². The van der Waals surface area contributed by atoms with Crippen molar-refractivity contribution in [2.75, 3.05) is 18.9 Å². The lowest BCUT2D eigenvalue weighted by atomic mass is 10.1. The van der Waals surface area contributed by atoms with E-state index in [1.54, 1.807) is 0 Å². The zero-order chi connectivity index (χ0) is 12.5. The van der Waals surface area contributed by atoms with Crippen LogP contribution in [-0.4, -0.2) is 22.8 Å². The Labute approximate surface area is 107 Å². The first-order valence-corrected chi connectivity index (χ1v) is 6.55. The number of benzene rings is 1. The van der Waals surface area contributed by atoms with E-state index in [9.17, 15) is 0 Å². The van der Waals surface area contributed by atoms with E-state index >= 15 is 0 Å². The van der Waals surface area contributed by atoms with E-state index in [2.05, 4.69) is 34.7 Å². The van der Waals surface area contributed by atoms with Crippen molar-refractivity contribution in [1.29, 1.82) is 0 Å². The van der Waals surface area contributed by atoms with Crippen LogP contribution in [0, 0.1) is 12.8 Å². The zero-order valence-corrected chi connectivity index (χ0v) is 10.7. The van der Waals surface area contributed by atoms with E-state index in [0.29, 0.717) is 11.9 Å². The minimum Gasteiger partial charge on any atom is -0.381 e. The summed E-state index contributed by atoms with van der Waals surface area (Å²) in [6.07, 6.45) is 2.29. The smallest absolute Gasteiger partial charge is 0.201 e. The van der Waals surface area contributed by atoms with E-state index in [4.69, 9.17) is 10.5 Å². The van der Waals surface area contributed by atoms with Crippen LogP contribution in [0.25, 0.3) is 11.0 Å². The molecule has 0 amide bonds. The van der Waals surface area contributed by atoms with E-state index in [0.717, 1.165) is 37.2 Å². The topological polar surface area (TPSA) is 53.1 Å². The molecule has 1 atom stereocenters. The first-order valence-electron chi connectivity index (χ1n) is 6.55. The number of hydrogen-bond donors (Lipinski definition) is 1. The van der Waals surface area contributed by atoms with Crippen LogP contribution in [0.4, 0.5) is 5.95 Å². The summed E-state index contributed by atoms with van der Waals surface area (Å²) in [4.78, 5) is 4.47. The van der Waals surface area contributed by atoms with Crippen molar-refractivity contribution in [2.45, 2.75) is 26.3 Å². The number of anilines is 1. The van der Waals surface area contributed by atoms with Crippen LogP contribution in [0.15, 0.2) is 18.2 Å². The minimum atomic E-state index is 0.623. The van der Waals surface area contributed by atoms with Crippen LogP contribution < -0.4 is 5.73 Å². The van der Waals surface area contributed by atoms with Crippen molar-refractivity contribution in [3.63, 3.8) is 0 Å². The van der Waals surface area contributed by atoms with E-state index in [1.165, 1.54) is 12.0 Å². The molecule has 4 heteroatoms. The average molecular weight is 245 g/mol. The van der Waals surface area contributed by atoms with Gasteiger partial charge in [-0.25, -0.2) is 4.98 Å². The highest BCUT2D eigenvalue weighted by Gasteiger charge is 2.17. The second-order valence-electron chi connectivity index (χ2n) is 5.08. The number of hydrogen-bond acceptors (Lipinski definition) is 3. The number of nitrogen functional groups attached to an aromatic ring is 1. The van der Waals surface area contributed by atoms with E-state index in [-0.39, 0.29) is 0 Å².